The maximum atomic E-state index is 13.3. The zero-order valence-corrected chi connectivity index (χ0v) is 15.9. The minimum Gasteiger partial charge on any atom is -0.325 e. The summed E-state index contributed by atoms with van der Waals surface area (Å²) in [7, 11) is 0. The van der Waals surface area contributed by atoms with Gasteiger partial charge in [-0.15, -0.1) is 11.8 Å². The Morgan fingerprint density at radius 3 is 2.78 bits per heavy atom. The Kier molecular flexibility index (Phi) is 6.30. The van der Waals surface area contributed by atoms with E-state index in [1.807, 2.05) is 12.1 Å². The van der Waals surface area contributed by atoms with Crippen LogP contribution in [0.4, 0.5) is 14.9 Å². The van der Waals surface area contributed by atoms with Crippen molar-refractivity contribution < 1.29 is 9.18 Å². The Labute approximate surface area is 162 Å². The molecule has 1 atom stereocenters. The molecule has 7 heteroatoms. The molecule has 27 heavy (non-hydrogen) atoms. The zero-order valence-electron chi connectivity index (χ0n) is 15.1. The Bertz CT molecular complexity index is 829. The smallest absolute Gasteiger partial charge is 0.321 e. The van der Waals surface area contributed by atoms with Crippen molar-refractivity contribution in [3.05, 3.63) is 54.1 Å². The molecule has 5 nitrogen and oxygen atoms in total. The van der Waals surface area contributed by atoms with Crippen LogP contribution in [0.15, 0.2) is 47.5 Å². The number of nitriles is 1. The molecule has 0 spiro atoms. The third-order valence-corrected chi connectivity index (χ3v) is 6.02. The topological polar surface area (TPSA) is 69.0 Å². The molecule has 0 saturated carbocycles. The molecule has 1 aliphatic rings. The van der Waals surface area contributed by atoms with Crippen molar-refractivity contribution in [1.82, 2.24) is 9.88 Å². The van der Waals surface area contributed by atoms with E-state index in [1.165, 1.54) is 12.3 Å². The lowest BCUT2D eigenvalue weighted by atomic mass is 9.94. The van der Waals surface area contributed by atoms with Gasteiger partial charge in [0.25, 0.3) is 0 Å². The fraction of sp³-hybridized carbons (Fsp3) is 0.350. The molecule has 0 aliphatic carbocycles. The molecule has 1 aromatic carbocycles. The quantitative estimate of drug-likeness (QED) is 0.787. The summed E-state index contributed by atoms with van der Waals surface area (Å²) < 4.78 is 13.3. The molecule has 1 aliphatic heterocycles. The van der Waals surface area contributed by atoms with Crippen molar-refractivity contribution in [2.45, 2.75) is 29.9 Å². The minimum atomic E-state index is -0.212. The summed E-state index contributed by atoms with van der Waals surface area (Å²) in [6.07, 6.45) is 3.33. The summed E-state index contributed by atoms with van der Waals surface area (Å²) in [4.78, 5) is 19.1. The number of hydrogen-bond donors (Lipinski definition) is 1. The van der Waals surface area contributed by atoms with Crippen LogP contribution in [-0.4, -0.2) is 34.3 Å². The first-order chi connectivity index (χ1) is 13.0. The van der Waals surface area contributed by atoms with Gasteiger partial charge in [-0.3, -0.25) is 0 Å². The Morgan fingerprint density at radius 1 is 1.37 bits per heavy atom. The predicted molar refractivity (Wildman–Crippen MR) is 104 cm³/mol. The number of benzene rings is 1. The molecule has 1 unspecified atom stereocenters. The number of nitrogens with one attached hydrogen (secondary N) is 1. The van der Waals surface area contributed by atoms with Crippen molar-refractivity contribution >= 4 is 23.5 Å². The number of rotatable bonds is 4. The van der Waals surface area contributed by atoms with Crippen LogP contribution < -0.4 is 5.32 Å². The van der Waals surface area contributed by atoms with E-state index in [2.05, 4.69) is 17.2 Å². The van der Waals surface area contributed by atoms with Crippen molar-refractivity contribution in [1.29, 1.82) is 5.26 Å². The first kappa shape index (κ1) is 19.2. The highest BCUT2D eigenvalue weighted by Gasteiger charge is 2.27. The molecule has 2 aromatic rings. The average Bonchev–Trinajstić information content (AvgIpc) is 2.68. The van der Waals surface area contributed by atoms with Crippen LogP contribution in [0.3, 0.4) is 0 Å². The van der Waals surface area contributed by atoms with Gasteiger partial charge in [-0.2, -0.15) is 5.26 Å². The van der Waals surface area contributed by atoms with E-state index in [9.17, 15) is 9.18 Å². The van der Waals surface area contributed by atoms with Gasteiger partial charge >= 0.3 is 6.03 Å². The summed E-state index contributed by atoms with van der Waals surface area (Å²) in [5, 5.41) is 11.9. The summed E-state index contributed by atoms with van der Waals surface area (Å²) in [6.45, 7) is 3.54. The van der Waals surface area contributed by atoms with Gasteiger partial charge in [0.15, 0.2) is 0 Å². The van der Waals surface area contributed by atoms with Gasteiger partial charge in [0.1, 0.15) is 17.6 Å². The number of amides is 2. The molecule has 0 radical (unpaired) electrons. The van der Waals surface area contributed by atoms with Gasteiger partial charge in [-0.25, -0.2) is 14.2 Å². The van der Waals surface area contributed by atoms with Crippen LogP contribution in [0.25, 0.3) is 0 Å². The molecule has 0 bridgehead atoms. The number of aromatic nitrogens is 1. The Balaban J connectivity index is 1.48. The number of halogens is 1. The van der Waals surface area contributed by atoms with E-state index in [4.69, 9.17) is 5.26 Å². The van der Waals surface area contributed by atoms with Crippen LogP contribution in [0.2, 0.25) is 0 Å². The summed E-state index contributed by atoms with van der Waals surface area (Å²) in [5.41, 5.74) is 0.898. The second kappa shape index (κ2) is 8.87. The van der Waals surface area contributed by atoms with E-state index in [1.54, 1.807) is 40.9 Å². The molecule has 3 rings (SSSR count). The van der Waals surface area contributed by atoms with Crippen molar-refractivity contribution in [3.8, 4) is 6.07 Å². The lowest BCUT2D eigenvalue weighted by Gasteiger charge is -2.34. The average molecular weight is 384 g/mol. The number of carbonyl (C=O) groups excluding carboxylic acids is 1. The second-order valence-corrected chi connectivity index (χ2v) is 8.03. The Morgan fingerprint density at radius 2 is 2.15 bits per heavy atom. The summed E-state index contributed by atoms with van der Waals surface area (Å²) in [6, 6.07) is 11.7. The summed E-state index contributed by atoms with van der Waals surface area (Å²) >= 11 is 1.69. The second-order valence-electron chi connectivity index (χ2n) is 6.58. The van der Waals surface area contributed by atoms with Crippen molar-refractivity contribution in [3.63, 3.8) is 0 Å². The van der Waals surface area contributed by atoms with Gasteiger partial charge in [0.05, 0.1) is 11.9 Å². The lowest BCUT2D eigenvalue weighted by molar-refractivity contribution is 0.182. The normalized spacial score (nSPS) is 15.8. The van der Waals surface area contributed by atoms with Crippen LogP contribution in [0.1, 0.15) is 25.5 Å². The largest absolute Gasteiger partial charge is 0.325 e. The molecular weight excluding hydrogens is 363 g/mol. The van der Waals surface area contributed by atoms with Gasteiger partial charge in [-0.1, -0.05) is 13.0 Å². The van der Waals surface area contributed by atoms with Gasteiger partial charge in [0, 0.05) is 23.2 Å². The molecule has 140 valence electrons. The molecule has 1 fully saturated rings. The van der Waals surface area contributed by atoms with E-state index < -0.39 is 0 Å². The number of pyridine rings is 1. The van der Waals surface area contributed by atoms with Crippen LogP contribution in [-0.2, 0) is 0 Å². The minimum absolute atomic E-state index is 0.148. The van der Waals surface area contributed by atoms with E-state index >= 15 is 0 Å². The Hall–Kier alpha value is -2.59. The monoisotopic (exact) mass is 384 g/mol. The molecule has 2 amide bonds. The van der Waals surface area contributed by atoms with Crippen LogP contribution in [0.5, 0.6) is 0 Å². The molecule has 2 heterocycles. The van der Waals surface area contributed by atoms with E-state index in [-0.39, 0.29) is 11.8 Å². The van der Waals surface area contributed by atoms with Crippen LogP contribution >= 0.6 is 11.8 Å². The third-order valence-electron chi connectivity index (χ3n) is 4.74. The SMILES string of the molecule is CC(Sc1cccc(F)c1)C1CCN(C(=O)Nc2ccc(C#N)nc2)CC1. The summed E-state index contributed by atoms with van der Waals surface area (Å²) in [5.74, 6) is 0.273. The van der Waals surface area contributed by atoms with Gasteiger partial charge in [0.2, 0.25) is 0 Å². The number of hydrogen-bond acceptors (Lipinski definition) is 4. The molecule has 1 N–H and O–H groups in total. The first-order valence-corrected chi connectivity index (χ1v) is 9.77. The highest BCUT2D eigenvalue weighted by molar-refractivity contribution is 8.00. The number of carbonyl (C=O) groups is 1. The molecule has 1 aromatic heterocycles. The fourth-order valence-electron chi connectivity index (χ4n) is 3.16. The van der Waals surface area contributed by atoms with Crippen molar-refractivity contribution in [2.75, 3.05) is 18.4 Å². The number of thioether (sulfide) groups is 1. The zero-order chi connectivity index (χ0) is 19.2. The van der Waals surface area contributed by atoms with Crippen molar-refractivity contribution in [2.24, 2.45) is 5.92 Å². The van der Waals surface area contributed by atoms with Gasteiger partial charge < -0.3 is 10.2 Å². The number of urea groups is 1. The maximum Gasteiger partial charge on any atom is 0.321 e. The number of anilines is 1. The highest BCUT2D eigenvalue weighted by atomic mass is 32.2. The molecular formula is C20H21FN4OS. The van der Waals surface area contributed by atoms with Crippen LogP contribution in [0, 0.1) is 23.1 Å². The highest BCUT2D eigenvalue weighted by Crippen LogP contribution is 2.33. The number of likely N-dealkylation sites (tertiary alicyclic amines) is 1. The predicted octanol–water partition coefficient (Wildman–Crippen LogP) is 4.52. The first-order valence-electron chi connectivity index (χ1n) is 8.89. The third kappa shape index (κ3) is 5.20. The number of piperidine rings is 1. The standard InChI is InChI=1S/C20H21FN4OS/c1-14(27-19-4-2-3-16(21)11-19)15-7-9-25(10-8-15)20(26)24-18-6-5-17(12-22)23-13-18/h2-6,11,13-15H,7-10H2,1H3,(H,24,26). The lowest BCUT2D eigenvalue weighted by Crippen LogP contribution is -2.42. The molecule has 1 saturated heterocycles. The van der Waals surface area contributed by atoms with Gasteiger partial charge in [-0.05, 0) is 49.1 Å². The maximum absolute atomic E-state index is 13.3. The fourth-order valence-corrected chi connectivity index (χ4v) is 4.39. The number of nitrogens with zero attached hydrogens (tertiary/aromatic N) is 3. The van der Waals surface area contributed by atoms with E-state index in [0.29, 0.717) is 35.6 Å². The van der Waals surface area contributed by atoms with E-state index in [0.717, 1.165) is 17.7 Å².